The molecule has 0 saturated heterocycles. The van der Waals surface area contributed by atoms with Crippen molar-refractivity contribution >= 4 is 23.5 Å². The number of ether oxygens (including phenoxy) is 2. The van der Waals surface area contributed by atoms with Crippen LogP contribution in [0.2, 0.25) is 0 Å². The van der Waals surface area contributed by atoms with Crippen molar-refractivity contribution in [3.8, 4) is 11.5 Å². The number of hydrogen-bond donors (Lipinski definition) is 4. The zero-order valence-electron chi connectivity index (χ0n) is 16.6. The van der Waals surface area contributed by atoms with Crippen LogP contribution in [0.4, 0.5) is 5.69 Å². The Bertz CT molecular complexity index is 881. The van der Waals surface area contributed by atoms with Crippen LogP contribution in [0.5, 0.6) is 11.5 Å². The lowest BCUT2D eigenvalue weighted by molar-refractivity contribution is -0.117. The average Bonchev–Trinajstić information content (AvgIpc) is 2.75. The molecule has 0 radical (unpaired) electrons. The number of primary amides is 1. The molecule has 0 aliphatic carbocycles. The number of methoxy groups -OCH3 is 2. The maximum absolute atomic E-state index is 11.9. The minimum absolute atomic E-state index is 0.194. The monoisotopic (exact) mass is 399 g/mol. The van der Waals surface area contributed by atoms with E-state index in [4.69, 9.17) is 15.2 Å². The molecule has 154 valence electrons. The number of carbonyl (C=O) groups excluding carboxylic acids is 2. The highest BCUT2D eigenvalue weighted by molar-refractivity contribution is 5.96. The number of amides is 2. The van der Waals surface area contributed by atoms with E-state index in [9.17, 15) is 9.59 Å². The van der Waals surface area contributed by atoms with Gasteiger partial charge in [0.1, 0.15) is 0 Å². The first-order valence-corrected chi connectivity index (χ1v) is 8.82. The van der Waals surface area contributed by atoms with E-state index in [1.54, 1.807) is 39.5 Å². The Morgan fingerprint density at radius 1 is 1.00 bits per heavy atom. The Labute approximate surface area is 169 Å². The summed E-state index contributed by atoms with van der Waals surface area (Å²) in [6, 6.07) is 12.5. The third-order valence-electron chi connectivity index (χ3n) is 3.97. The first-order valence-electron chi connectivity index (χ1n) is 8.82. The van der Waals surface area contributed by atoms with E-state index in [-0.39, 0.29) is 12.5 Å². The summed E-state index contributed by atoms with van der Waals surface area (Å²) in [6.45, 7) is 0.302. The Morgan fingerprint density at radius 2 is 1.69 bits per heavy atom. The second-order valence-corrected chi connectivity index (χ2v) is 5.97. The van der Waals surface area contributed by atoms with Gasteiger partial charge >= 0.3 is 0 Å². The van der Waals surface area contributed by atoms with E-state index in [1.807, 2.05) is 24.3 Å². The minimum Gasteiger partial charge on any atom is -0.493 e. The molecule has 2 rings (SSSR count). The molecule has 2 aromatic rings. The largest absolute Gasteiger partial charge is 0.493 e. The minimum atomic E-state index is -0.590. The molecule has 0 unspecified atom stereocenters. The van der Waals surface area contributed by atoms with E-state index in [0.29, 0.717) is 29.6 Å². The first-order chi connectivity index (χ1) is 14.0. The molecule has 29 heavy (non-hydrogen) atoms. The lowest BCUT2D eigenvalue weighted by atomic mass is 10.1. The summed E-state index contributed by atoms with van der Waals surface area (Å²) >= 11 is 0. The Morgan fingerprint density at radius 3 is 2.28 bits per heavy atom. The van der Waals surface area contributed by atoms with Gasteiger partial charge in [-0.15, -0.1) is 0 Å². The lowest BCUT2D eigenvalue weighted by Gasteiger charge is -2.14. The Balaban J connectivity index is 1.94. The lowest BCUT2D eigenvalue weighted by Crippen LogP contribution is -2.33. The van der Waals surface area contributed by atoms with Gasteiger partial charge in [-0.05, 0) is 29.8 Å². The zero-order chi connectivity index (χ0) is 21.2. The van der Waals surface area contributed by atoms with Gasteiger partial charge in [-0.3, -0.25) is 14.6 Å². The fourth-order valence-corrected chi connectivity index (χ4v) is 2.46. The van der Waals surface area contributed by atoms with Gasteiger partial charge in [0.15, 0.2) is 17.5 Å². The summed E-state index contributed by atoms with van der Waals surface area (Å²) in [5.41, 5.74) is 7.20. The molecule has 0 aliphatic rings. The fourth-order valence-electron chi connectivity index (χ4n) is 2.46. The third-order valence-corrected chi connectivity index (χ3v) is 3.97. The number of rotatable bonds is 8. The van der Waals surface area contributed by atoms with Gasteiger partial charge in [0.25, 0.3) is 5.91 Å². The molecular weight excluding hydrogens is 374 g/mol. The van der Waals surface area contributed by atoms with E-state index in [2.05, 4.69) is 20.9 Å². The number of nitrogens with one attached hydrogen (secondary N) is 3. The SMILES string of the molecule is CN=C(NCc1ccc(C(=O)NCC(N)=O)cc1)Nc1ccc(OC)c(OC)c1. The average molecular weight is 399 g/mol. The predicted octanol–water partition coefficient (Wildman–Crippen LogP) is 1.11. The second kappa shape index (κ2) is 10.5. The van der Waals surface area contributed by atoms with Gasteiger partial charge in [0, 0.05) is 30.9 Å². The van der Waals surface area contributed by atoms with Crippen molar-refractivity contribution in [2.75, 3.05) is 33.1 Å². The Kier molecular flexibility index (Phi) is 7.84. The van der Waals surface area contributed by atoms with Crippen molar-refractivity contribution in [3.05, 3.63) is 53.6 Å². The number of carbonyl (C=O) groups is 2. The van der Waals surface area contributed by atoms with E-state index in [0.717, 1.165) is 11.3 Å². The molecule has 0 aliphatic heterocycles. The molecule has 0 bridgehead atoms. The standard InChI is InChI=1S/C20H25N5O4/c1-22-20(25-15-8-9-16(28-2)17(10-15)29-3)24-11-13-4-6-14(7-5-13)19(27)23-12-18(21)26/h4-10H,11-12H2,1-3H3,(H2,21,26)(H,23,27)(H2,22,24,25). The number of nitrogens with two attached hydrogens (primary N) is 1. The van der Waals surface area contributed by atoms with Crippen molar-refractivity contribution in [2.45, 2.75) is 6.54 Å². The molecule has 9 heteroatoms. The topological polar surface area (TPSA) is 127 Å². The van der Waals surface area contributed by atoms with E-state index >= 15 is 0 Å². The molecule has 0 saturated carbocycles. The number of anilines is 1. The molecule has 0 heterocycles. The van der Waals surface area contributed by atoms with Crippen LogP contribution >= 0.6 is 0 Å². The summed E-state index contributed by atoms with van der Waals surface area (Å²) in [5, 5.41) is 8.82. The normalized spacial score (nSPS) is 10.8. The summed E-state index contributed by atoms with van der Waals surface area (Å²) in [4.78, 5) is 26.8. The summed E-state index contributed by atoms with van der Waals surface area (Å²) < 4.78 is 10.5. The molecule has 2 amide bonds. The fraction of sp³-hybridized carbons (Fsp3) is 0.250. The number of nitrogens with zero attached hydrogens (tertiary/aromatic N) is 1. The smallest absolute Gasteiger partial charge is 0.251 e. The maximum atomic E-state index is 11.9. The van der Waals surface area contributed by atoms with Crippen LogP contribution in [0.1, 0.15) is 15.9 Å². The second-order valence-electron chi connectivity index (χ2n) is 5.97. The van der Waals surface area contributed by atoms with Crippen molar-refractivity contribution in [1.82, 2.24) is 10.6 Å². The summed E-state index contributed by atoms with van der Waals surface area (Å²) in [5.74, 6) is 0.876. The highest BCUT2D eigenvalue weighted by atomic mass is 16.5. The summed E-state index contributed by atoms with van der Waals surface area (Å²) in [7, 11) is 4.83. The van der Waals surface area contributed by atoms with Crippen molar-refractivity contribution in [1.29, 1.82) is 0 Å². The van der Waals surface area contributed by atoms with Gasteiger partial charge in [0.05, 0.1) is 20.8 Å². The third kappa shape index (κ3) is 6.42. The van der Waals surface area contributed by atoms with Gasteiger partial charge in [-0.1, -0.05) is 12.1 Å². The van der Waals surface area contributed by atoms with Crippen LogP contribution < -0.4 is 31.2 Å². The van der Waals surface area contributed by atoms with Gasteiger partial charge in [-0.25, -0.2) is 0 Å². The van der Waals surface area contributed by atoms with Crippen molar-refractivity contribution < 1.29 is 19.1 Å². The maximum Gasteiger partial charge on any atom is 0.251 e. The predicted molar refractivity (Wildman–Crippen MR) is 111 cm³/mol. The molecule has 0 fully saturated rings. The Hall–Kier alpha value is -3.75. The first kappa shape index (κ1) is 21.5. The van der Waals surface area contributed by atoms with E-state index < -0.39 is 5.91 Å². The highest BCUT2D eigenvalue weighted by Crippen LogP contribution is 2.29. The zero-order valence-corrected chi connectivity index (χ0v) is 16.6. The molecule has 5 N–H and O–H groups in total. The van der Waals surface area contributed by atoms with Crippen LogP contribution in [-0.4, -0.2) is 45.6 Å². The van der Waals surface area contributed by atoms with Crippen LogP contribution in [0.15, 0.2) is 47.5 Å². The van der Waals surface area contributed by atoms with Crippen LogP contribution in [0, 0.1) is 0 Å². The van der Waals surface area contributed by atoms with Crippen molar-refractivity contribution in [3.63, 3.8) is 0 Å². The van der Waals surface area contributed by atoms with E-state index in [1.165, 1.54) is 0 Å². The number of benzene rings is 2. The molecule has 2 aromatic carbocycles. The molecule has 9 nitrogen and oxygen atoms in total. The van der Waals surface area contributed by atoms with Crippen LogP contribution in [0.3, 0.4) is 0 Å². The van der Waals surface area contributed by atoms with Crippen LogP contribution in [0.25, 0.3) is 0 Å². The van der Waals surface area contributed by atoms with Crippen molar-refractivity contribution in [2.24, 2.45) is 10.7 Å². The number of guanidine groups is 1. The molecule has 0 spiro atoms. The molecule has 0 atom stereocenters. The number of hydrogen-bond acceptors (Lipinski definition) is 5. The van der Waals surface area contributed by atoms with Crippen LogP contribution in [-0.2, 0) is 11.3 Å². The van der Waals surface area contributed by atoms with Gasteiger partial charge in [-0.2, -0.15) is 0 Å². The molecular formula is C20H25N5O4. The van der Waals surface area contributed by atoms with Gasteiger partial charge < -0.3 is 31.2 Å². The highest BCUT2D eigenvalue weighted by Gasteiger charge is 2.08. The molecule has 0 aromatic heterocycles. The van der Waals surface area contributed by atoms with Gasteiger partial charge in [0.2, 0.25) is 5.91 Å². The number of aliphatic imine (C=N–C) groups is 1. The summed E-state index contributed by atoms with van der Waals surface area (Å²) in [6.07, 6.45) is 0. The quantitative estimate of drug-likeness (QED) is 0.389.